The first kappa shape index (κ1) is 15.9. The number of benzene rings is 1. The number of piperidine rings is 1. The van der Waals surface area contributed by atoms with E-state index in [0.717, 1.165) is 39.0 Å². The second kappa shape index (κ2) is 7.14. The minimum atomic E-state index is -0.172. The Balaban J connectivity index is 1.38. The average molecular weight is 328 g/mol. The number of ether oxygens (including phenoxy) is 1. The Morgan fingerprint density at radius 1 is 0.875 bits per heavy atom. The van der Waals surface area contributed by atoms with Crippen LogP contribution in [0.5, 0.6) is 5.75 Å². The van der Waals surface area contributed by atoms with Crippen LogP contribution in [-0.2, 0) is 0 Å². The van der Waals surface area contributed by atoms with Gasteiger partial charge in [-0.05, 0) is 49.3 Å². The number of hydrogen-bond donors (Lipinski definition) is 0. The lowest BCUT2D eigenvalue weighted by atomic mass is 9.84. The second-order valence-corrected chi connectivity index (χ2v) is 7.54. The van der Waals surface area contributed by atoms with Gasteiger partial charge in [0, 0.05) is 32.2 Å². The molecule has 4 fully saturated rings. The van der Waals surface area contributed by atoms with Crippen LogP contribution in [0.4, 0.5) is 4.79 Å². The number of carbonyl (C=O) groups is 1. The smallest absolute Gasteiger partial charge is 0.410 e. The molecular formula is C20H28N2O2. The third-order valence-corrected chi connectivity index (χ3v) is 6.05. The Hall–Kier alpha value is -1.55. The molecule has 0 unspecified atom stereocenters. The maximum Gasteiger partial charge on any atom is 0.415 e. The highest BCUT2D eigenvalue weighted by atomic mass is 16.6. The van der Waals surface area contributed by atoms with Gasteiger partial charge >= 0.3 is 6.09 Å². The summed E-state index contributed by atoms with van der Waals surface area (Å²) in [6, 6.07) is 8.61. The van der Waals surface area contributed by atoms with Crippen molar-refractivity contribution in [1.82, 2.24) is 9.80 Å². The first-order valence-electron chi connectivity index (χ1n) is 9.60. The van der Waals surface area contributed by atoms with E-state index < -0.39 is 0 Å². The van der Waals surface area contributed by atoms with E-state index in [9.17, 15) is 4.79 Å². The molecule has 1 aromatic carbocycles. The molecule has 4 aliphatic rings. The highest BCUT2D eigenvalue weighted by Crippen LogP contribution is 2.33. The van der Waals surface area contributed by atoms with Crippen molar-refractivity contribution in [2.24, 2.45) is 0 Å². The number of nitrogens with zero attached hydrogens (tertiary/aromatic N) is 2. The molecule has 3 aliphatic heterocycles. The van der Waals surface area contributed by atoms with Gasteiger partial charge in [0.15, 0.2) is 0 Å². The molecule has 0 radical (unpaired) electrons. The van der Waals surface area contributed by atoms with Gasteiger partial charge in [-0.3, -0.25) is 0 Å². The highest BCUT2D eigenvalue weighted by Gasteiger charge is 2.32. The van der Waals surface area contributed by atoms with Crippen molar-refractivity contribution in [3.63, 3.8) is 0 Å². The normalized spacial score (nSPS) is 27.8. The monoisotopic (exact) mass is 328 g/mol. The van der Waals surface area contributed by atoms with Crippen molar-refractivity contribution < 1.29 is 9.53 Å². The zero-order valence-electron chi connectivity index (χ0n) is 14.5. The van der Waals surface area contributed by atoms with Crippen molar-refractivity contribution >= 4 is 6.09 Å². The fourth-order valence-electron chi connectivity index (χ4n) is 4.53. The van der Waals surface area contributed by atoms with Crippen molar-refractivity contribution in [3.8, 4) is 5.75 Å². The lowest BCUT2D eigenvalue weighted by molar-refractivity contribution is 0.131. The first-order valence-corrected chi connectivity index (χ1v) is 9.60. The summed E-state index contributed by atoms with van der Waals surface area (Å²) in [6.07, 6.45) is 8.64. The zero-order valence-corrected chi connectivity index (χ0v) is 14.5. The Morgan fingerprint density at radius 2 is 1.58 bits per heavy atom. The van der Waals surface area contributed by atoms with E-state index in [0.29, 0.717) is 17.7 Å². The van der Waals surface area contributed by atoms with Crippen LogP contribution in [-0.4, -0.2) is 48.1 Å². The van der Waals surface area contributed by atoms with Crippen LogP contribution in [0.3, 0.4) is 0 Å². The van der Waals surface area contributed by atoms with Crippen LogP contribution in [0, 0.1) is 0 Å². The molecule has 24 heavy (non-hydrogen) atoms. The number of amides is 1. The third-order valence-electron chi connectivity index (χ3n) is 6.05. The molecule has 5 rings (SSSR count). The summed E-state index contributed by atoms with van der Waals surface area (Å²) >= 11 is 0. The van der Waals surface area contributed by atoms with E-state index in [1.807, 2.05) is 17.0 Å². The van der Waals surface area contributed by atoms with Crippen LogP contribution in [0.15, 0.2) is 24.3 Å². The maximum absolute atomic E-state index is 12.6. The molecule has 1 amide bonds. The van der Waals surface area contributed by atoms with Crippen molar-refractivity contribution in [2.75, 3.05) is 26.2 Å². The molecule has 1 saturated carbocycles. The SMILES string of the molecule is O=C(Oc1ccc(C2CCCCC2)cc1)N1CCN2CCC1CC2. The molecule has 4 heteroatoms. The van der Waals surface area contributed by atoms with Crippen LogP contribution in [0.2, 0.25) is 0 Å². The van der Waals surface area contributed by atoms with Gasteiger partial charge in [0.05, 0.1) is 0 Å². The molecule has 1 aliphatic carbocycles. The molecule has 130 valence electrons. The predicted octanol–water partition coefficient (Wildman–Crippen LogP) is 4.01. The van der Waals surface area contributed by atoms with E-state index >= 15 is 0 Å². The Labute approximate surface area is 144 Å². The van der Waals surface area contributed by atoms with E-state index in [4.69, 9.17) is 4.74 Å². The fraction of sp³-hybridized carbons (Fsp3) is 0.650. The van der Waals surface area contributed by atoms with Gasteiger partial charge in [-0.25, -0.2) is 4.79 Å². The molecule has 3 heterocycles. The number of rotatable bonds is 2. The first-order chi connectivity index (χ1) is 11.8. The standard InChI is InChI=1S/C20H28N2O2/c23-20(22-15-14-21-12-10-18(22)11-13-21)24-19-8-6-17(7-9-19)16-4-2-1-3-5-16/h6-9,16,18H,1-5,10-15H2. The van der Waals surface area contributed by atoms with Gasteiger partial charge in [-0.2, -0.15) is 0 Å². The predicted molar refractivity (Wildman–Crippen MR) is 94.5 cm³/mol. The highest BCUT2D eigenvalue weighted by molar-refractivity contribution is 5.71. The topological polar surface area (TPSA) is 32.8 Å². The largest absolute Gasteiger partial charge is 0.415 e. The summed E-state index contributed by atoms with van der Waals surface area (Å²) < 4.78 is 5.67. The van der Waals surface area contributed by atoms with Crippen LogP contribution < -0.4 is 4.74 Å². The lowest BCUT2D eigenvalue weighted by Crippen LogP contribution is -2.43. The Kier molecular flexibility index (Phi) is 4.74. The molecule has 0 aromatic heterocycles. The van der Waals surface area contributed by atoms with Crippen molar-refractivity contribution in [1.29, 1.82) is 0 Å². The van der Waals surface area contributed by atoms with Crippen molar-refractivity contribution in [2.45, 2.75) is 56.9 Å². The average Bonchev–Trinajstić information content (AvgIpc) is 2.97. The van der Waals surface area contributed by atoms with E-state index in [1.54, 1.807) is 0 Å². The fourth-order valence-corrected chi connectivity index (χ4v) is 4.53. The molecule has 2 bridgehead atoms. The number of hydrogen-bond acceptors (Lipinski definition) is 3. The van der Waals surface area contributed by atoms with E-state index in [-0.39, 0.29) is 6.09 Å². The molecule has 0 N–H and O–H groups in total. The number of carbonyl (C=O) groups excluding carboxylic acids is 1. The van der Waals surface area contributed by atoms with Gasteiger partial charge in [0.2, 0.25) is 0 Å². The number of fused-ring (bicyclic) bond motifs is 4. The molecule has 4 nitrogen and oxygen atoms in total. The minimum Gasteiger partial charge on any atom is -0.410 e. The molecule has 0 atom stereocenters. The van der Waals surface area contributed by atoms with Crippen LogP contribution >= 0.6 is 0 Å². The summed E-state index contributed by atoms with van der Waals surface area (Å²) in [5.41, 5.74) is 1.40. The van der Waals surface area contributed by atoms with Gasteiger partial charge in [-0.15, -0.1) is 0 Å². The van der Waals surface area contributed by atoms with E-state index in [1.165, 1.54) is 37.7 Å². The van der Waals surface area contributed by atoms with Gasteiger partial charge in [-0.1, -0.05) is 31.4 Å². The van der Waals surface area contributed by atoms with Crippen LogP contribution in [0.1, 0.15) is 56.4 Å². The zero-order chi connectivity index (χ0) is 16.4. The minimum absolute atomic E-state index is 0.172. The molecular weight excluding hydrogens is 300 g/mol. The molecule has 1 aromatic rings. The van der Waals surface area contributed by atoms with E-state index in [2.05, 4.69) is 17.0 Å². The summed E-state index contributed by atoms with van der Waals surface area (Å²) in [5.74, 6) is 1.37. The third kappa shape index (κ3) is 3.44. The Bertz CT molecular complexity index is 558. The lowest BCUT2D eigenvalue weighted by Gasteiger charge is -2.30. The summed E-state index contributed by atoms with van der Waals surface area (Å²) in [7, 11) is 0. The maximum atomic E-state index is 12.6. The van der Waals surface area contributed by atoms with Crippen molar-refractivity contribution in [3.05, 3.63) is 29.8 Å². The Morgan fingerprint density at radius 3 is 2.29 bits per heavy atom. The van der Waals surface area contributed by atoms with Gasteiger partial charge in [0.25, 0.3) is 0 Å². The second-order valence-electron chi connectivity index (χ2n) is 7.54. The molecule has 0 spiro atoms. The van der Waals surface area contributed by atoms with Gasteiger partial charge in [0.1, 0.15) is 5.75 Å². The molecule has 3 saturated heterocycles. The quantitative estimate of drug-likeness (QED) is 0.822. The summed E-state index contributed by atoms with van der Waals surface area (Å²) in [5, 5.41) is 0. The van der Waals surface area contributed by atoms with Crippen LogP contribution in [0.25, 0.3) is 0 Å². The summed E-state index contributed by atoms with van der Waals surface area (Å²) in [6.45, 7) is 4.00. The summed E-state index contributed by atoms with van der Waals surface area (Å²) in [4.78, 5) is 17.0. The van der Waals surface area contributed by atoms with Gasteiger partial charge < -0.3 is 14.5 Å².